The van der Waals surface area contributed by atoms with E-state index in [4.69, 9.17) is 32.7 Å². The fraction of sp³-hybridized carbons (Fsp3) is 0.419. The highest BCUT2D eigenvalue weighted by Gasteiger charge is 2.36. The van der Waals surface area contributed by atoms with Crippen molar-refractivity contribution >= 4 is 39.2 Å². The fourth-order valence-electron chi connectivity index (χ4n) is 5.22. The van der Waals surface area contributed by atoms with Crippen LogP contribution in [0, 0.1) is 5.92 Å². The molecule has 0 amide bonds. The van der Waals surface area contributed by atoms with Gasteiger partial charge < -0.3 is 14.2 Å². The Labute approximate surface area is 265 Å². The van der Waals surface area contributed by atoms with Crippen LogP contribution in [0.15, 0.2) is 60.9 Å². The Morgan fingerprint density at radius 2 is 1.75 bits per heavy atom. The van der Waals surface area contributed by atoms with Crippen molar-refractivity contribution in [3.63, 3.8) is 0 Å². The van der Waals surface area contributed by atoms with Gasteiger partial charge in [0.05, 0.1) is 28.8 Å². The standard InChI is InChI=1S/C31H32Cl2F2N2O6S/c32-25-16-36-17-26(33)24(25)15-28(22-10-11-27(43-31(34)35)29(13-22)41-18-20-8-9-20)42-30(38)14-23-7-4-12-37(23)44(39,40)19-21-5-2-1-3-6-21/h1-3,5-6,10-11,13,16-17,20,23,28,31H,4,7-9,12,14-15,18-19H2/t23-,28-/m0/s1. The minimum absolute atomic E-state index is 0.0454. The van der Waals surface area contributed by atoms with E-state index in [1.54, 1.807) is 24.3 Å². The summed E-state index contributed by atoms with van der Waals surface area (Å²) in [5.74, 6) is -0.501. The number of carbonyl (C=O) groups excluding carboxylic acids is 1. The van der Waals surface area contributed by atoms with Gasteiger partial charge in [-0.1, -0.05) is 59.6 Å². The number of halogens is 4. The molecule has 0 radical (unpaired) electrons. The number of benzene rings is 2. The summed E-state index contributed by atoms with van der Waals surface area (Å²) in [4.78, 5) is 17.4. The second kappa shape index (κ2) is 14.4. The smallest absolute Gasteiger partial charge is 0.387 e. The molecule has 8 nitrogen and oxygen atoms in total. The summed E-state index contributed by atoms with van der Waals surface area (Å²) in [6.45, 7) is -2.41. The zero-order valence-electron chi connectivity index (χ0n) is 23.7. The summed E-state index contributed by atoms with van der Waals surface area (Å²) in [7, 11) is -3.68. The first-order chi connectivity index (χ1) is 21.1. The molecular formula is C31H32Cl2F2N2O6S. The van der Waals surface area contributed by atoms with E-state index in [1.807, 2.05) is 6.07 Å². The molecule has 0 unspecified atom stereocenters. The average molecular weight is 670 g/mol. The Bertz CT molecular complexity index is 1540. The van der Waals surface area contributed by atoms with Crippen molar-refractivity contribution in [3.8, 4) is 11.5 Å². The van der Waals surface area contributed by atoms with Crippen molar-refractivity contribution < 1.29 is 36.2 Å². The Morgan fingerprint density at radius 3 is 2.43 bits per heavy atom. The minimum Gasteiger partial charge on any atom is -0.489 e. The summed E-state index contributed by atoms with van der Waals surface area (Å²) in [6.07, 6.45) is 4.86. The molecule has 2 heterocycles. The number of carbonyl (C=O) groups is 1. The van der Waals surface area contributed by atoms with Gasteiger partial charge in [0, 0.05) is 31.4 Å². The number of aromatic nitrogens is 1. The van der Waals surface area contributed by atoms with E-state index < -0.39 is 34.7 Å². The molecule has 1 saturated heterocycles. The molecule has 0 spiro atoms. The maximum absolute atomic E-state index is 13.4. The van der Waals surface area contributed by atoms with E-state index in [0.29, 0.717) is 48.6 Å². The van der Waals surface area contributed by atoms with Crippen molar-refractivity contribution in [1.29, 1.82) is 0 Å². The lowest BCUT2D eigenvalue weighted by Gasteiger charge is -2.25. The van der Waals surface area contributed by atoms with Crippen molar-refractivity contribution in [3.05, 3.63) is 87.7 Å². The maximum atomic E-state index is 13.4. The van der Waals surface area contributed by atoms with Crippen LogP contribution in [0.3, 0.4) is 0 Å². The third-order valence-electron chi connectivity index (χ3n) is 7.62. The number of nitrogens with zero attached hydrogens (tertiary/aromatic N) is 2. The van der Waals surface area contributed by atoms with Gasteiger partial charge in [0.1, 0.15) is 6.10 Å². The second-order valence-corrected chi connectivity index (χ2v) is 13.7. The first-order valence-corrected chi connectivity index (χ1v) is 16.7. The topological polar surface area (TPSA) is 95.0 Å². The number of pyridine rings is 1. The Morgan fingerprint density at radius 1 is 1.02 bits per heavy atom. The zero-order valence-corrected chi connectivity index (χ0v) is 26.0. The third-order valence-corrected chi connectivity index (χ3v) is 10.2. The van der Waals surface area contributed by atoms with E-state index in [-0.39, 0.29) is 40.1 Å². The molecule has 3 aromatic rings. The molecule has 1 aliphatic heterocycles. The summed E-state index contributed by atoms with van der Waals surface area (Å²) in [5.41, 5.74) is 1.57. The van der Waals surface area contributed by atoms with Crippen LogP contribution in [0.5, 0.6) is 11.5 Å². The lowest BCUT2D eigenvalue weighted by atomic mass is 10.0. The third kappa shape index (κ3) is 8.59. The van der Waals surface area contributed by atoms with Gasteiger partial charge in [-0.15, -0.1) is 0 Å². The number of hydrogen-bond donors (Lipinski definition) is 0. The van der Waals surface area contributed by atoms with Crippen molar-refractivity contribution in [2.75, 3.05) is 13.2 Å². The Hall–Kier alpha value is -2.99. The van der Waals surface area contributed by atoms with E-state index in [2.05, 4.69) is 9.72 Å². The van der Waals surface area contributed by atoms with Crippen molar-refractivity contribution in [1.82, 2.24) is 9.29 Å². The number of hydrogen-bond acceptors (Lipinski definition) is 7. The van der Waals surface area contributed by atoms with Gasteiger partial charge in [0.25, 0.3) is 0 Å². The molecule has 44 heavy (non-hydrogen) atoms. The number of esters is 1. The summed E-state index contributed by atoms with van der Waals surface area (Å²) >= 11 is 12.8. The van der Waals surface area contributed by atoms with Gasteiger partial charge >= 0.3 is 12.6 Å². The van der Waals surface area contributed by atoms with Gasteiger partial charge in [-0.2, -0.15) is 13.1 Å². The van der Waals surface area contributed by atoms with Crippen LogP contribution in [-0.2, 0) is 31.7 Å². The lowest BCUT2D eigenvalue weighted by Crippen LogP contribution is -2.38. The first kappa shape index (κ1) is 32.4. The highest BCUT2D eigenvalue weighted by Crippen LogP contribution is 2.38. The Balaban J connectivity index is 1.37. The zero-order chi connectivity index (χ0) is 31.3. The number of sulfonamides is 1. The van der Waals surface area contributed by atoms with Crippen LogP contribution < -0.4 is 9.47 Å². The summed E-state index contributed by atoms with van der Waals surface area (Å²) < 4.78 is 70.6. The molecule has 0 bridgehead atoms. The van der Waals surface area contributed by atoms with Crippen LogP contribution in [0.1, 0.15) is 54.9 Å². The maximum Gasteiger partial charge on any atom is 0.387 e. The highest BCUT2D eigenvalue weighted by atomic mass is 35.5. The van der Waals surface area contributed by atoms with E-state index >= 15 is 0 Å². The van der Waals surface area contributed by atoms with Gasteiger partial charge in [-0.05, 0) is 60.4 Å². The summed E-state index contributed by atoms with van der Waals surface area (Å²) in [5, 5.41) is 0.519. The van der Waals surface area contributed by atoms with Gasteiger partial charge in [-0.3, -0.25) is 9.78 Å². The van der Waals surface area contributed by atoms with Crippen LogP contribution in [0.2, 0.25) is 10.0 Å². The van der Waals surface area contributed by atoms with Crippen LogP contribution in [0.25, 0.3) is 0 Å². The van der Waals surface area contributed by atoms with E-state index in [0.717, 1.165) is 12.8 Å². The number of ether oxygens (including phenoxy) is 3. The molecule has 5 rings (SSSR count). The second-order valence-electron chi connectivity index (χ2n) is 11.0. The SMILES string of the molecule is O=C(C[C@@H]1CCCN1S(=O)(=O)Cc1ccccc1)O[C@@H](Cc1c(Cl)cncc1Cl)c1ccc(OC(F)F)c(OCC2CC2)c1. The van der Waals surface area contributed by atoms with Crippen LogP contribution in [0.4, 0.5) is 8.78 Å². The van der Waals surface area contributed by atoms with Crippen LogP contribution in [-0.4, -0.2) is 49.5 Å². The molecule has 1 saturated carbocycles. The molecule has 236 valence electrons. The number of alkyl halides is 2. The van der Waals surface area contributed by atoms with Gasteiger partial charge in [-0.25, -0.2) is 8.42 Å². The van der Waals surface area contributed by atoms with Crippen molar-refractivity contribution in [2.45, 2.75) is 63.0 Å². The molecule has 2 fully saturated rings. The molecule has 0 N–H and O–H groups in total. The molecule has 13 heteroatoms. The quantitative estimate of drug-likeness (QED) is 0.171. The lowest BCUT2D eigenvalue weighted by molar-refractivity contribution is -0.150. The predicted octanol–water partition coefficient (Wildman–Crippen LogP) is 6.99. The molecule has 2 aromatic carbocycles. The molecule has 1 aromatic heterocycles. The fourth-order valence-corrected chi connectivity index (χ4v) is 7.56. The van der Waals surface area contributed by atoms with Gasteiger partial charge in [0.15, 0.2) is 11.5 Å². The molecule has 2 aliphatic rings. The Kier molecular flexibility index (Phi) is 10.6. The minimum atomic E-state index is -3.68. The largest absolute Gasteiger partial charge is 0.489 e. The average Bonchev–Trinajstić information content (AvgIpc) is 3.69. The van der Waals surface area contributed by atoms with Crippen molar-refractivity contribution in [2.24, 2.45) is 5.92 Å². The van der Waals surface area contributed by atoms with Crippen LogP contribution >= 0.6 is 23.2 Å². The number of rotatable bonds is 14. The monoisotopic (exact) mass is 668 g/mol. The van der Waals surface area contributed by atoms with E-state index in [9.17, 15) is 22.0 Å². The van der Waals surface area contributed by atoms with Gasteiger partial charge in [0.2, 0.25) is 10.0 Å². The molecule has 1 aliphatic carbocycles. The molecule has 2 atom stereocenters. The first-order valence-electron chi connectivity index (χ1n) is 14.3. The summed E-state index contributed by atoms with van der Waals surface area (Å²) in [6, 6.07) is 12.7. The normalized spacial score (nSPS) is 17.9. The van der Waals surface area contributed by atoms with E-state index in [1.165, 1.54) is 34.9 Å². The molecular weight excluding hydrogens is 637 g/mol. The highest BCUT2D eigenvalue weighted by molar-refractivity contribution is 7.88. The predicted molar refractivity (Wildman–Crippen MR) is 161 cm³/mol.